The minimum absolute atomic E-state index is 0.0701. The van der Waals surface area contributed by atoms with E-state index >= 15 is 0 Å². The highest BCUT2D eigenvalue weighted by atomic mass is 16.5. The van der Waals surface area contributed by atoms with E-state index in [-0.39, 0.29) is 11.3 Å². The molecule has 1 amide bonds. The number of carbonyl (C=O) groups is 2. The smallest absolute Gasteiger partial charge is 0.295 e. The van der Waals surface area contributed by atoms with Gasteiger partial charge in [0.05, 0.1) is 25.3 Å². The zero-order valence-electron chi connectivity index (χ0n) is 18.7. The zero-order chi connectivity index (χ0) is 23.1. The monoisotopic (exact) mass is 439 g/mol. The lowest BCUT2D eigenvalue weighted by molar-refractivity contribution is -0.140. The lowest BCUT2D eigenvalue weighted by atomic mass is 9.95. The molecule has 0 bridgehead atoms. The molecule has 0 spiro atoms. The number of hydrogen-bond acceptors (Lipinski definition) is 6. The molecule has 0 aliphatic carbocycles. The predicted molar refractivity (Wildman–Crippen MR) is 121 cm³/mol. The summed E-state index contributed by atoms with van der Waals surface area (Å²) >= 11 is 0. The van der Waals surface area contributed by atoms with Crippen LogP contribution in [-0.2, 0) is 14.3 Å². The third kappa shape index (κ3) is 4.94. The molecule has 170 valence electrons. The van der Waals surface area contributed by atoms with Crippen LogP contribution in [-0.4, -0.2) is 55.2 Å². The molecule has 1 heterocycles. The Morgan fingerprint density at radius 2 is 1.62 bits per heavy atom. The summed E-state index contributed by atoms with van der Waals surface area (Å²) in [5, 5.41) is 11.1. The minimum atomic E-state index is -0.700. The van der Waals surface area contributed by atoms with Crippen LogP contribution in [0.25, 0.3) is 5.76 Å². The first-order valence-corrected chi connectivity index (χ1v) is 10.7. The molecule has 7 nitrogen and oxygen atoms in total. The van der Waals surface area contributed by atoms with Crippen LogP contribution in [0.4, 0.5) is 0 Å². The molecule has 1 aliphatic rings. The largest absolute Gasteiger partial charge is 0.507 e. The molecule has 1 aliphatic heterocycles. The van der Waals surface area contributed by atoms with E-state index in [1.807, 2.05) is 26.0 Å². The van der Waals surface area contributed by atoms with Crippen LogP contribution in [0.5, 0.6) is 11.5 Å². The summed E-state index contributed by atoms with van der Waals surface area (Å²) < 4.78 is 16.1. The van der Waals surface area contributed by atoms with Gasteiger partial charge >= 0.3 is 0 Å². The second-order valence-corrected chi connectivity index (χ2v) is 7.27. The van der Waals surface area contributed by atoms with Gasteiger partial charge < -0.3 is 24.2 Å². The molecular weight excluding hydrogens is 410 g/mol. The Kier molecular flexibility index (Phi) is 7.89. The first-order valence-electron chi connectivity index (χ1n) is 10.7. The van der Waals surface area contributed by atoms with Crippen LogP contribution in [0.3, 0.4) is 0 Å². The molecule has 7 heteroatoms. The van der Waals surface area contributed by atoms with Crippen molar-refractivity contribution in [1.29, 1.82) is 0 Å². The van der Waals surface area contributed by atoms with E-state index in [0.717, 1.165) is 5.56 Å². The molecule has 2 aromatic carbocycles. The van der Waals surface area contributed by atoms with E-state index < -0.39 is 17.7 Å². The van der Waals surface area contributed by atoms with Gasteiger partial charge in [-0.15, -0.1) is 0 Å². The molecule has 1 N–H and O–H groups in total. The number of aliphatic hydroxyl groups excluding tert-OH is 1. The van der Waals surface area contributed by atoms with Gasteiger partial charge in [0.15, 0.2) is 0 Å². The Labute approximate surface area is 188 Å². The average molecular weight is 440 g/mol. The molecule has 32 heavy (non-hydrogen) atoms. The highest BCUT2D eigenvalue weighted by molar-refractivity contribution is 6.46. The standard InChI is InChI=1S/C25H29NO6/c1-4-31-16-6-15-26-22(17-7-13-20(14-8-17)32-5-2)21(24(28)25(26)29)23(27)18-9-11-19(30-3)12-10-18/h7-14,22,27H,4-6,15-16H2,1-3H3/t22-/m1/s1. The van der Waals surface area contributed by atoms with Crippen LogP contribution < -0.4 is 9.47 Å². The lowest BCUT2D eigenvalue weighted by Crippen LogP contribution is -2.31. The van der Waals surface area contributed by atoms with Crippen molar-refractivity contribution >= 4 is 17.4 Å². The van der Waals surface area contributed by atoms with E-state index in [4.69, 9.17) is 14.2 Å². The highest BCUT2D eigenvalue weighted by Crippen LogP contribution is 2.40. The van der Waals surface area contributed by atoms with Gasteiger partial charge in [-0.2, -0.15) is 0 Å². The highest BCUT2D eigenvalue weighted by Gasteiger charge is 2.45. The number of ketones is 1. The number of Topliss-reactive ketones (excluding diaryl/α,β-unsaturated/α-hetero) is 1. The fraction of sp³-hybridized carbons (Fsp3) is 0.360. The van der Waals surface area contributed by atoms with Gasteiger partial charge in [0.1, 0.15) is 17.3 Å². The number of likely N-dealkylation sites (tertiary alicyclic amines) is 1. The van der Waals surface area contributed by atoms with Crippen molar-refractivity contribution in [3.63, 3.8) is 0 Å². The molecule has 0 aromatic heterocycles. The molecule has 0 saturated carbocycles. The summed E-state index contributed by atoms with van der Waals surface area (Å²) in [4.78, 5) is 27.4. The second-order valence-electron chi connectivity index (χ2n) is 7.27. The van der Waals surface area contributed by atoms with Crippen molar-refractivity contribution < 1.29 is 28.9 Å². The summed E-state index contributed by atoms with van der Waals surface area (Å²) in [6.07, 6.45) is 0.580. The van der Waals surface area contributed by atoms with Crippen molar-refractivity contribution in [2.75, 3.05) is 33.5 Å². The van der Waals surface area contributed by atoms with Crippen LogP contribution in [0.15, 0.2) is 54.1 Å². The van der Waals surface area contributed by atoms with Crippen LogP contribution in [0, 0.1) is 0 Å². The SMILES string of the molecule is CCOCCCN1C(=O)C(=O)C(=C(O)c2ccc(OC)cc2)[C@H]1c1ccc(OCC)cc1. The molecule has 1 saturated heterocycles. The van der Waals surface area contributed by atoms with Crippen molar-refractivity contribution in [2.24, 2.45) is 0 Å². The number of carbonyl (C=O) groups excluding carboxylic acids is 2. The number of aliphatic hydroxyl groups is 1. The number of hydrogen-bond donors (Lipinski definition) is 1. The van der Waals surface area contributed by atoms with Gasteiger partial charge in [-0.1, -0.05) is 12.1 Å². The summed E-state index contributed by atoms with van der Waals surface area (Å²) in [5.41, 5.74) is 1.23. The van der Waals surface area contributed by atoms with Gasteiger partial charge in [0.25, 0.3) is 11.7 Å². The van der Waals surface area contributed by atoms with Crippen LogP contribution in [0.1, 0.15) is 37.4 Å². The first-order chi connectivity index (χ1) is 15.5. The van der Waals surface area contributed by atoms with Gasteiger partial charge in [0, 0.05) is 25.3 Å². The van der Waals surface area contributed by atoms with Crippen molar-refractivity contribution in [3.05, 3.63) is 65.2 Å². The zero-order valence-corrected chi connectivity index (χ0v) is 18.7. The number of nitrogens with zero attached hydrogens (tertiary/aromatic N) is 1. The van der Waals surface area contributed by atoms with Gasteiger partial charge in [-0.05, 0) is 62.2 Å². The minimum Gasteiger partial charge on any atom is -0.507 e. The Morgan fingerprint density at radius 1 is 0.969 bits per heavy atom. The van der Waals surface area contributed by atoms with Crippen molar-refractivity contribution in [2.45, 2.75) is 26.3 Å². The summed E-state index contributed by atoms with van der Waals surface area (Å²) in [5.74, 6) is -0.220. The van der Waals surface area contributed by atoms with Gasteiger partial charge in [-0.25, -0.2) is 0 Å². The first kappa shape index (κ1) is 23.3. The third-order valence-corrected chi connectivity index (χ3v) is 5.30. The average Bonchev–Trinajstić information content (AvgIpc) is 3.07. The van der Waals surface area contributed by atoms with Crippen molar-refractivity contribution in [3.8, 4) is 11.5 Å². The van der Waals surface area contributed by atoms with E-state index in [9.17, 15) is 14.7 Å². The molecule has 0 unspecified atom stereocenters. The Balaban J connectivity index is 2.03. The van der Waals surface area contributed by atoms with Gasteiger partial charge in [0.2, 0.25) is 0 Å². The maximum absolute atomic E-state index is 13.0. The lowest BCUT2D eigenvalue weighted by Gasteiger charge is -2.25. The quantitative estimate of drug-likeness (QED) is 0.261. The topological polar surface area (TPSA) is 85.3 Å². The molecular formula is C25H29NO6. The summed E-state index contributed by atoms with van der Waals surface area (Å²) in [6.45, 7) is 5.73. The maximum atomic E-state index is 13.0. The number of rotatable bonds is 10. The van der Waals surface area contributed by atoms with Crippen LogP contribution in [0.2, 0.25) is 0 Å². The molecule has 1 atom stereocenters. The third-order valence-electron chi connectivity index (χ3n) is 5.30. The maximum Gasteiger partial charge on any atom is 0.295 e. The number of methoxy groups -OCH3 is 1. The van der Waals surface area contributed by atoms with E-state index in [0.29, 0.717) is 49.8 Å². The fourth-order valence-corrected chi connectivity index (χ4v) is 3.76. The van der Waals surface area contributed by atoms with E-state index in [2.05, 4.69) is 0 Å². The summed E-state index contributed by atoms with van der Waals surface area (Å²) in [6, 6.07) is 13.2. The number of ether oxygens (including phenoxy) is 3. The number of benzene rings is 2. The van der Waals surface area contributed by atoms with Crippen LogP contribution >= 0.6 is 0 Å². The molecule has 0 radical (unpaired) electrons. The summed E-state index contributed by atoms with van der Waals surface area (Å²) in [7, 11) is 1.55. The molecule has 1 fully saturated rings. The normalized spacial score (nSPS) is 17.6. The Bertz CT molecular complexity index is 965. The Hall–Kier alpha value is -3.32. The fourth-order valence-electron chi connectivity index (χ4n) is 3.76. The molecule has 3 rings (SSSR count). The van der Waals surface area contributed by atoms with E-state index in [1.165, 1.54) is 4.90 Å². The predicted octanol–water partition coefficient (Wildman–Crippen LogP) is 3.94. The second kappa shape index (κ2) is 10.8. The number of amides is 1. The van der Waals surface area contributed by atoms with Gasteiger partial charge in [-0.3, -0.25) is 9.59 Å². The van der Waals surface area contributed by atoms with Crippen molar-refractivity contribution in [1.82, 2.24) is 4.90 Å². The molecule has 2 aromatic rings. The Morgan fingerprint density at radius 3 is 2.22 bits per heavy atom. The van der Waals surface area contributed by atoms with E-state index in [1.54, 1.807) is 43.5 Å².